The Morgan fingerprint density at radius 1 is 1.04 bits per heavy atom. The Morgan fingerprint density at radius 2 is 1.70 bits per heavy atom. The summed E-state index contributed by atoms with van der Waals surface area (Å²) in [6.45, 7) is 10.2. The van der Waals surface area contributed by atoms with Crippen LogP contribution in [0.3, 0.4) is 0 Å². The number of carbonyl (C=O) groups excluding carboxylic acids is 2. The molecule has 0 unspecified atom stereocenters. The molecule has 1 aromatic carbocycles. The molecular formula is C22H33N3O2. The lowest BCUT2D eigenvalue weighted by atomic mass is 9.92. The average molecular weight is 372 g/mol. The van der Waals surface area contributed by atoms with Crippen LogP contribution in [-0.2, 0) is 9.59 Å². The van der Waals surface area contributed by atoms with Gasteiger partial charge in [-0.1, -0.05) is 24.6 Å². The third-order valence-corrected chi connectivity index (χ3v) is 6.06. The number of hydrogen-bond acceptors (Lipinski definition) is 3. The number of hydrogen-bond donors (Lipinski definition) is 1. The molecule has 0 bridgehead atoms. The van der Waals surface area contributed by atoms with E-state index in [1.807, 2.05) is 19.1 Å². The smallest absolute Gasteiger partial charge is 0.238 e. The van der Waals surface area contributed by atoms with Crippen LogP contribution < -0.4 is 5.32 Å². The van der Waals surface area contributed by atoms with Crippen LogP contribution in [0, 0.1) is 25.7 Å². The minimum Gasteiger partial charge on any atom is -0.342 e. The Labute approximate surface area is 163 Å². The van der Waals surface area contributed by atoms with Crippen LogP contribution in [0.1, 0.15) is 43.7 Å². The highest BCUT2D eigenvalue weighted by atomic mass is 16.2. The zero-order chi connectivity index (χ0) is 19.4. The zero-order valence-corrected chi connectivity index (χ0v) is 17.0. The molecule has 0 aromatic heterocycles. The first kappa shape index (κ1) is 19.9. The summed E-state index contributed by atoms with van der Waals surface area (Å²) in [5.41, 5.74) is 3.17. The fourth-order valence-electron chi connectivity index (χ4n) is 4.17. The highest BCUT2D eigenvalue weighted by Gasteiger charge is 2.30. The molecule has 0 aliphatic carbocycles. The van der Waals surface area contributed by atoms with E-state index in [1.54, 1.807) is 0 Å². The van der Waals surface area contributed by atoms with E-state index in [9.17, 15) is 9.59 Å². The monoisotopic (exact) mass is 371 g/mol. The minimum atomic E-state index is 0.0248. The minimum absolute atomic E-state index is 0.0248. The molecule has 0 spiro atoms. The van der Waals surface area contributed by atoms with Gasteiger partial charge in [0.05, 0.1) is 6.54 Å². The highest BCUT2D eigenvalue weighted by molar-refractivity contribution is 5.93. The molecule has 0 atom stereocenters. The van der Waals surface area contributed by atoms with Gasteiger partial charge in [0, 0.05) is 24.7 Å². The molecule has 1 aromatic rings. The van der Waals surface area contributed by atoms with Crippen LogP contribution in [0.5, 0.6) is 0 Å². The van der Waals surface area contributed by atoms with Gasteiger partial charge in [-0.2, -0.15) is 0 Å². The summed E-state index contributed by atoms with van der Waals surface area (Å²) in [5.74, 6) is 1.24. The van der Waals surface area contributed by atoms with E-state index in [4.69, 9.17) is 0 Å². The van der Waals surface area contributed by atoms with Gasteiger partial charge >= 0.3 is 0 Å². The molecule has 148 valence electrons. The normalized spacial score (nSPS) is 19.9. The standard InChI is InChI=1S/C22H33N3O2/c1-16-6-12-25(13-7-16)22(27)19-8-10-24(11-9-19)15-21(26)23-20-5-4-17(2)14-18(20)3/h4-5,14,16,19H,6-13,15H2,1-3H3,(H,23,26). The Morgan fingerprint density at radius 3 is 2.33 bits per heavy atom. The van der Waals surface area contributed by atoms with Crippen LogP contribution in [0.4, 0.5) is 5.69 Å². The first-order valence-electron chi connectivity index (χ1n) is 10.3. The maximum absolute atomic E-state index is 12.7. The number of rotatable bonds is 4. The van der Waals surface area contributed by atoms with Gasteiger partial charge in [-0.15, -0.1) is 0 Å². The third kappa shape index (κ3) is 5.32. The maximum atomic E-state index is 12.7. The van der Waals surface area contributed by atoms with E-state index >= 15 is 0 Å². The first-order chi connectivity index (χ1) is 12.9. The molecule has 5 heteroatoms. The van der Waals surface area contributed by atoms with Gasteiger partial charge in [-0.25, -0.2) is 0 Å². The van der Waals surface area contributed by atoms with Gasteiger partial charge in [0.15, 0.2) is 0 Å². The van der Waals surface area contributed by atoms with E-state index in [1.165, 1.54) is 5.56 Å². The maximum Gasteiger partial charge on any atom is 0.238 e. The van der Waals surface area contributed by atoms with Crippen molar-refractivity contribution >= 4 is 17.5 Å². The van der Waals surface area contributed by atoms with Crippen molar-refractivity contribution in [3.63, 3.8) is 0 Å². The molecule has 2 aliphatic rings. The van der Waals surface area contributed by atoms with Gasteiger partial charge in [0.25, 0.3) is 0 Å². The summed E-state index contributed by atoms with van der Waals surface area (Å²) < 4.78 is 0. The van der Waals surface area contributed by atoms with Crippen LogP contribution in [-0.4, -0.2) is 54.3 Å². The quantitative estimate of drug-likeness (QED) is 0.884. The Bertz CT molecular complexity index is 672. The van der Waals surface area contributed by atoms with E-state index in [0.29, 0.717) is 12.5 Å². The van der Waals surface area contributed by atoms with Crippen LogP contribution >= 0.6 is 0 Å². The Balaban J connectivity index is 1.43. The van der Waals surface area contributed by atoms with Crippen molar-refractivity contribution in [2.45, 2.75) is 46.5 Å². The summed E-state index contributed by atoms with van der Waals surface area (Å²) in [4.78, 5) is 29.3. The summed E-state index contributed by atoms with van der Waals surface area (Å²) in [5, 5.41) is 3.02. The second-order valence-electron chi connectivity index (χ2n) is 8.42. The molecule has 0 saturated carbocycles. The molecule has 1 N–H and O–H groups in total. The van der Waals surface area contributed by atoms with Gasteiger partial charge in [0.2, 0.25) is 11.8 Å². The summed E-state index contributed by atoms with van der Waals surface area (Å²) >= 11 is 0. The zero-order valence-electron chi connectivity index (χ0n) is 17.0. The molecule has 2 fully saturated rings. The Kier molecular flexibility index (Phi) is 6.53. The van der Waals surface area contributed by atoms with Crippen LogP contribution in [0.25, 0.3) is 0 Å². The highest BCUT2D eigenvalue weighted by Crippen LogP contribution is 2.23. The summed E-state index contributed by atoms with van der Waals surface area (Å²) in [6, 6.07) is 6.06. The largest absolute Gasteiger partial charge is 0.342 e. The number of amides is 2. The van der Waals surface area contributed by atoms with Crippen molar-refractivity contribution in [2.75, 3.05) is 38.0 Å². The van der Waals surface area contributed by atoms with E-state index in [0.717, 1.165) is 69.0 Å². The predicted octanol–water partition coefficient (Wildman–Crippen LogP) is 3.21. The van der Waals surface area contributed by atoms with Crippen LogP contribution in [0.15, 0.2) is 18.2 Å². The molecule has 3 rings (SSSR count). The molecule has 5 nitrogen and oxygen atoms in total. The van der Waals surface area contributed by atoms with Crippen molar-refractivity contribution in [3.8, 4) is 0 Å². The lowest BCUT2D eigenvalue weighted by molar-refractivity contribution is -0.138. The molecule has 2 amide bonds. The summed E-state index contributed by atoms with van der Waals surface area (Å²) in [6.07, 6.45) is 3.98. The summed E-state index contributed by atoms with van der Waals surface area (Å²) in [7, 11) is 0. The number of piperidine rings is 2. The number of carbonyl (C=O) groups is 2. The molecule has 2 aliphatic heterocycles. The van der Waals surface area contributed by atoms with Crippen molar-refractivity contribution in [1.29, 1.82) is 0 Å². The molecule has 2 saturated heterocycles. The SMILES string of the molecule is Cc1ccc(NC(=O)CN2CCC(C(=O)N3CCC(C)CC3)CC2)c(C)c1. The molecule has 0 radical (unpaired) electrons. The number of likely N-dealkylation sites (tertiary alicyclic amines) is 2. The van der Waals surface area contributed by atoms with E-state index in [2.05, 4.69) is 35.0 Å². The topological polar surface area (TPSA) is 52.7 Å². The van der Waals surface area contributed by atoms with Crippen molar-refractivity contribution in [3.05, 3.63) is 29.3 Å². The lowest BCUT2D eigenvalue weighted by Gasteiger charge is -2.36. The number of anilines is 1. The Hall–Kier alpha value is -1.88. The van der Waals surface area contributed by atoms with Crippen molar-refractivity contribution in [2.24, 2.45) is 11.8 Å². The third-order valence-electron chi connectivity index (χ3n) is 6.06. The molecule has 2 heterocycles. The van der Waals surface area contributed by atoms with Crippen molar-refractivity contribution in [1.82, 2.24) is 9.80 Å². The average Bonchev–Trinajstić information content (AvgIpc) is 2.65. The molecular weight excluding hydrogens is 338 g/mol. The second-order valence-corrected chi connectivity index (χ2v) is 8.42. The fraction of sp³-hybridized carbons (Fsp3) is 0.636. The van der Waals surface area contributed by atoms with E-state index in [-0.39, 0.29) is 11.8 Å². The number of benzene rings is 1. The van der Waals surface area contributed by atoms with Gasteiger partial charge < -0.3 is 10.2 Å². The van der Waals surface area contributed by atoms with Gasteiger partial charge in [-0.05, 0) is 70.2 Å². The first-order valence-corrected chi connectivity index (χ1v) is 10.3. The van der Waals surface area contributed by atoms with E-state index < -0.39 is 0 Å². The predicted molar refractivity (Wildman–Crippen MR) is 109 cm³/mol. The van der Waals surface area contributed by atoms with Crippen molar-refractivity contribution < 1.29 is 9.59 Å². The number of nitrogens with one attached hydrogen (secondary N) is 1. The van der Waals surface area contributed by atoms with Gasteiger partial charge in [-0.3, -0.25) is 14.5 Å². The molecule has 27 heavy (non-hydrogen) atoms. The second kappa shape index (κ2) is 8.87. The lowest BCUT2D eigenvalue weighted by Crippen LogP contribution is -2.46. The van der Waals surface area contributed by atoms with Gasteiger partial charge in [0.1, 0.15) is 0 Å². The number of nitrogens with zero attached hydrogens (tertiary/aromatic N) is 2. The fourth-order valence-corrected chi connectivity index (χ4v) is 4.17. The van der Waals surface area contributed by atoms with Crippen LogP contribution in [0.2, 0.25) is 0 Å². The number of aryl methyl sites for hydroxylation is 2.